The Labute approximate surface area is 119 Å². The molecule has 0 heterocycles. The topological polar surface area (TPSA) is 26.0 Å². The van der Waals surface area contributed by atoms with Crippen molar-refractivity contribution in [3.8, 4) is 0 Å². The van der Waals surface area contributed by atoms with Crippen molar-refractivity contribution in [1.82, 2.24) is 0 Å². The molecule has 0 aromatic heterocycles. The molecule has 18 heavy (non-hydrogen) atoms. The Hall–Kier alpha value is -1.00. The highest BCUT2D eigenvalue weighted by molar-refractivity contribution is 9.10. The summed E-state index contributed by atoms with van der Waals surface area (Å²) in [5.41, 5.74) is 8.49. The van der Waals surface area contributed by atoms with Gasteiger partial charge in [0.15, 0.2) is 0 Å². The van der Waals surface area contributed by atoms with E-state index in [1.54, 1.807) is 23.9 Å². The molecular formula is C14H13BrFNS. The average molecular weight is 326 g/mol. The number of aryl methyl sites for hydroxylation is 1. The predicted octanol–water partition coefficient (Wildman–Crippen LogP) is 4.77. The molecule has 0 unspecified atom stereocenters. The summed E-state index contributed by atoms with van der Waals surface area (Å²) in [6.07, 6.45) is 0. The van der Waals surface area contributed by atoms with E-state index >= 15 is 0 Å². The maximum absolute atomic E-state index is 13.6. The summed E-state index contributed by atoms with van der Waals surface area (Å²) in [7, 11) is 0. The van der Waals surface area contributed by atoms with Gasteiger partial charge in [0.25, 0.3) is 0 Å². The summed E-state index contributed by atoms with van der Waals surface area (Å²) < 4.78 is 14.5. The lowest BCUT2D eigenvalue weighted by Gasteiger charge is -2.08. The number of hydrogen-bond acceptors (Lipinski definition) is 2. The maximum Gasteiger partial charge on any atom is 0.127 e. The number of halogens is 2. The van der Waals surface area contributed by atoms with Gasteiger partial charge in [0.05, 0.1) is 0 Å². The molecule has 0 amide bonds. The van der Waals surface area contributed by atoms with Crippen molar-refractivity contribution >= 4 is 33.4 Å². The second kappa shape index (κ2) is 5.76. The molecule has 0 saturated heterocycles. The van der Waals surface area contributed by atoms with Crippen LogP contribution in [0, 0.1) is 12.7 Å². The van der Waals surface area contributed by atoms with Crippen molar-refractivity contribution in [3.05, 3.63) is 57.8 Å². The minimum atomic E-state index is -0.183. The molecule has 0 spiro atoms. The minimum Gasteiger partial charge on any atom is -0.398 e. The number of hydrogen-bond donors (Lipinski definition) is 1. The van der Waals surface area contributed by atoms with Gasteiger partial charge in [-0.2, -0.15) is 0 Å². The number of nitrogens with two attached hydrogens (primary N) is 1. The van der Waals surface area contributed by atoms with Crippen LogP contribution >= 0.6 is 27.7 Å². The van der Waals surface area contributed by atoms with Crippen molar-refractivity contribution < 1.29 is 4.39 Å². The van der Waals surface area contributed by atoms with E-state index in [1.165, 1.54) is 6.07 Å². The fourth-order valence-electron chi connectivity index (χ4n) is 1.59. The Kier molecular flexibility index (Phi) is 4.30. The van der Waals surface area contributed by atoms with Gasteiger partial charge >= 0.3 is 0 Å². The summed E-state index contributed by atoms with van der Waals surface area (Å²) in [5, 5.41) is 0. The molecule has 0 saturated carbocycles. The number of anilines is 1. The number of benzene rings is 2. The van der Waals surface area contributed by atoms with Crippen LogP contribution in [0.15, 0.2) is 45.8 Å². The molecule has 0 aliphatic carbocycles. The number of thioether (sulfide) groups is 1. The number of nitrogen functional groups attached to an aromatic ring is 1. The lowest BCUT2D eigenvalue weighted by atomic mass is 10.2. The molecule has 2 aromatic carbocycles. The molecule has 1 nitrogen and oxygen atoms in total. The Bertz CT molecular complexity index is 570. The zero-order valence-corrected chi connectivity index (χ0v) is 12.3. The third-order valence-electron chi connectivity index (χ3n) is 2.68. The van der Waals surface area contributed by atoms with Crippen LogP contribution in [-0.4, -0.2) is 0 Å². The van der Waals surface area contributed by atoms with Gasteiger partial charge in [0, 0.05) is 20.8 Å². The molecule has 4 heteroatoms. The molecule has 0 atom stereocenters. The van der Waals surface area contributed by atoms with Gasteiger partial charge in [0.2, 0.25) is 0 Å². The Balaban J connectivity index is 2.16. The molecule has 0 fully saturated rings. The van der Waals surface area contributed by atoms with Crippen molar-refractivity contribution in [2.24, 2.45) is 0 Å². The summed E-state index contributed by atoms with van der Waals surface area (Å²) in [6, 6.07) is 10.9. The van der Waals surface area contributed by atoms with E-state index in [-0.39, 0.29) is 5.82 Å². The normalized spacial score (nSPS) is 10.6. The van der Waals surface area contributed by atoms with Crippen LogP contribution in [0.1, 0.15) is 11.1 Å². The van der Waals surface area contributed by atoms with E-state index in [4.69, 9.17) is 5.73 Å². The van der Waals surface area contributed by atoms with Crippen LogP contribution in [0.2, 0.25) is 0 Å². The van der Waals surface area contributed by atoms with Gasteiger partial charge in [-0.25, -0.2) is 4.39 Å². The molecule has 0 aliphatic rings. The molecule has 94 valence electrons. The largest absolute Gasteiger partial charge is 0.398 e. The van der Waals surface area contributed by atoms with Gasteiger partial charge in [-0.3, -0.25) is 0 Å². The predicted molar refractivity (Wildman–Crippen MR) is 79.3 cm³/mol. The van der Waals surface area contributed by atoms with E-state index in [0.29, 0.717) is 11.3 Å². The fraction of sp³-hybridized carbons (Fsp3) is 0.143. The average Bonchev–Trinajstić information content (AvgIpc) is 2.35. The zero-order valence-electron chi connectivity index (χ0n) is 9.91. The second-order valence-corrected chi connectivity index (χ2v) is 5.94. The smallest absolute Gasteiger partial charge is 0.127 e. The molecule has 2 N–H and O–H groups in total. The molecule has 0 aliphatic heterocycles. The zero-order chi connectivity index (χ0) is 13.1. The van der Waals surface area contributed by atoms with Crippen LogP contribution in [0.25, 0.3) is 0 Å². The van der Waals surface area contributed by atoms with E-state index in [0.717, 1.165) is 20.6 Å². The van der Waals surface area contributed by atoms with Crippen molar-refractivity contribution in [2.45, 2.75) is 17.6 Å². The van der Waals surface area contributed by atoms with Gasteiger partial charge in [-0.1, -0.05) is 28.1 Å². The molecule has 2 rings (SSSR count). The fourth-order valence-corrected chi connectivity index (χ4v) is 3.02. The summed E-state index contributed by atoms with van der Waals surface area (Å²) in [4.78, 5) is 0.995. The monoisotopic (exact) mass is 325 g/mol. The quantitative estimate of drug-likeness (QED) is 0.649. The van der Waals surface area contributed by atoms with Crippen LogP contribution in [-0.2, 0) is 5.75 Å². The first-order valence-electron chi connectivity index (χ1n) is 5.50. The molecule has 0 bridgehead atoms. The van der Waals surface area contributed by atoms with E-state index in [1.807, 2.05) is 25.1 Å². The van der Waals surface area contributed by atoms with E-state index in [9.17, 15) is 4.39 Å². The molecule has 0 radical (unpaired) electrons. The lowest BCUT2D eigenvalue weighted by Crippen LogP contribution is -1.93. The van der Waals surface area contributed by atoms with Crippen LogP contribution in [0.5, 0.6) is 0 Å². The second-order valence-electron chi connectivity index (χ2n) is 4.01. The molecular weight excluding hydrogens is 313 g/mol. The van der Waals surface area contributed by atoms with Gasteiger partial charge in [-0.05, 0) is 42.3 Å². The number of para-hydroxylation sites is 1. The minimum absolute atomic E-state index is 0.183. The Morgan fingerprint density at radius 3 is 2.83 bits per heavy atom. The maximum atomic E-state index is 13.6. The first-order valence-corrected chi connectivity index (χ1v) is 7.27. The van der Waals surface area contributed by atoms with Gasteiger partial charge in [-0.15, -0.1) is 11.8 Å². The molecule has 2 aromatic rings. The lowest BCUT2D eigenvalue weighted by molar-refractivity contribution is 0.617. The van der Waals surface area contributed by atoms with Crippen LogP contribution < -0.4 is 5.73 Å². The summed E-state index contributed by atoms with van der Waals surface area (Å²) in [5.74, 6) is 0.385. The Morgan fingerprint density at radius 1 is 1.28 bits per heavy atom. The summed E-state index contributed by atoms with van der Waals surface area (Å²) >= 11 is 4.90. The first-order chi connectivity index (χ1) is 8.58. The van der Waals surface area contributed by atoms with Crippen molar-refractivity contribution in [3.63, 3.8) is 0 Å². The first kappa shape index (κ1) is 13.4. The van der Waals surface area contributed by atoms with Crippen molar-refractivity contribution in [1.29, 1.82) is 0 Å². The van der Waals surface area contributed by atoms with Crippen LogP contribution in [0.4, 0.5) is 10.1 Å². The standard InChI is InChI=1S/C14H13BrFNS/c1-9-3-2-4-13(14(9)17)18-8-10-7-11(15)5-6-12(10)16/h2-7H,8,17H2,1H3. The van der Waals surface area contributed by atoms with Gasteiger partial charge < -0.3 is 5.73 Å². The highest BCUT2D eigenvalue weighted by Gasteiger charge is 2.06. The summed E-state index contributed by atoms with van der Waals surface area (Å²) in [6.45, 7) is 1.97. The highest BCUT2D eigenvalue weighted by atomic mass is 79.9. The SMILES string of the molecule is Cc1cccc(SCc2cc(Br)ccc2F)c1N. The third kappa shape index (κ3) is 3.06. The Morgan fingerprint density at radius 2 is 2.06 bits per heavy atom. The van der Waals surface area contributed by atoms with E-state index < -0.39 is 0 Å². The third-order valence-corrected chi connectivity index (χ3v) is 4.29. The highest BCUT2D eigenvalue weighted by Crippen LogP contribution is 2.31. The van der Waals surface area contributed by atoms with Gasteiger partial charge in [0.1, 0.15) is 5.82 Å². The van der Waals surface area contributed by atoms with Crippen LogP contribution in [0.3, 0.4) is 0 Å². The van der Waals surface area contributed by atoms with E-state index in [2.05, 4.69) is 15.9 Å². The number of rotatable bonds is 3. The van der Waals surface area contributed by atoms with Crippen molar-refractivity contribution in [2.75, 3.05) is 5.73 Å².